The van der Waals surface area contributed by atoms with Crippen LogP contribution < -0.4 is 5.73 Å². The maximum Gasteiger partial charge on any atom is 0.151 e. The first-order chi connectivity index (χ1) is 7.36. The van der Waals surface area contributed by atoms with E-state index in [0.29, 0.717) is 0 Å². The topological polar surface area (TPSA) is 43.8 Å². The van der Waals surface area contributed by atoms with E-state index in [1.807, 2.05) is 6.20 Å². The van der Waals surface area contributed by atoms with E-state index in [1.54, 1.807) is 11.3 Å². The fraction of sp³-hybridized carbons (Fsp3) is 0.364. The van der Waals surface area contributed by atoms with Crippen molar-refractivity contribution in [2.75, 3.05) is 0 Å². The lowest BCUT2D eigenvalue weighted by molar-refractivity contribution is 0.418. The molecule has 3 nitrogen and oxygen atoms in total. The Labute approximate surface area is 92.6 Å². The van der Waals surface area contributed by atoms with Gasteiger partial charge >= 0.3 is 0 Å². The van der Waals surface area contributed by atoms with E-state index in [9.17, 15) is 0 Å². The second kappa shape index (κ2) is 3.47. The minimum absolute atomic E-state index is 0.105. The second-order valence-corrected chi connectivity index (χ2v) is 4.83. The fourth-order valence-corrected chi connectivity index (χ4v) is 2.88. The van der Waals surface area contributed by atoms with Crippen LogP contribution in [0.2, 0.25) is 0 Å². The first-order valence-corrected chi connectivity index (χ1v) is 6.10. The molecule has 1 unspecified atom stereocenters. The highest BCUT2D eigenvalue weighted by molar-refractivity contribution is 7.13. The number of hydrogen-bond donors (Lipinski definition) is 1. The highest BCUT2D eigenvalue weighted by Crippen LogP contribution is 2.30. The minimum Gasteiger partial charge on any atom is -0.312 e. The lowest BCUT2D eigenvalue weighted by atomic mass is 10.1. The molecule has 2 aromatic rings. The number of rotatable bonds is 1. The highest BCUT2D eigenvalue weighted by atomic mass is 32.1. The summed E-state index contributed by atoms with van der Waals surface area (Å²) in [6.07, 6.45) is 5.41. The zero-order valence-corrected chi connectivity index (χ0v) is 9.20. The third-order valence-electron chi connectivity index (χ3n) is 2.88. The van der Waals surface area contributed by atoms with Gasteiger partial charge in [-0.05, 0) is 30.7 Å². The van der Waals surface area contributed by atoms with Gasteiger partial charge in [0, 0.05) is 11.9 Å². The van der Waals surface area contributed by atoms with Gasteiger partial charge in [-0.25, -0.2) is 4.98 Å². The monoisotopic (exact) mass is 219 g/mol. The molecule has 0 radical (unpaired) electrons. The Morgan fingerprint density at radius 3 is 3.27 bits per heavy atom. The molecular formula is C11H13N3S. The zero-order chi connectivity index (χ0) is 10.3. The van der Waals surface area contributed by atoms with Gasteiger partial charge in [0.1, 0.15) is 0 Å². The Balaban J connectivity index is 2.14. The molecule has 4 heteroatoms. The smallest absolute Gasteiger partial charge is 0.151 e. The number of nitrogens with two attached hydrogens (primary N) is 1. The Kier molecular flexibility index (Phi) is 2.11. The van der Waals surface area contributed by atoms with E-state index in [2.05, 4.69) is 27.1 Å². The van der Waals surface area contributed by atoms with Crippen LogP contribution in [0.25, 0.3) is 10.7 Å². The summed E-state index contributed by atoms with van der Waals surface area (Å²) >= 11 is 1.72. The minimum atomic E-state index is 0.105. The van der Waals surface area contributed by atoms with E-state index in [4.69, 9.17) is 5.73 Å². The Bertz CT molecular complexity index is 458. The number of thiophene rings is 1. The van der Waals surface area contributed by atoms with Crippen molar-refractivity contribution in [3.05, 3.63) is 29.4 Å². The molecule has 1 aliphatic heterocycles. The Hall–Kier alpha value is -1.13. The standard InChI is InChI=1S/C11H13N3S/c12-10-5-1-3-8-7-13-11(14(8)10)9-4-2-6-15-9/h2,4,6-7,10H,1,3,5,12H2. The average Bonchev–Trinajstić information content (AvgIpc) is 2.85. The molecular weight excluding hydrogens is 206 g/mol. The molecule has 15 heavy (non-hydrogen) atoms. The summed E-state index contributed by atoms with van der Waals surface area (Å²) in [6, 6.07) is 4.15. The average molecular weight is 219 g/mol. The highest BCUT2D eigenvalue weighted by Gasteiger charge is 2.21. The van der Waals surface area contributed by atoms with E-state index in [-0.39, 0.29) is 6.17 Å². The molecule has 1 aliphatic rings. The second-order valence-electron chi connectivity index (χ2n) is 3.88. The van der Waals surface area contributed by atoms with Crippen molar-refractivity contribution in [3.63, 3.8) is 0 Å². The summed E-state index contributed by atoms with van der Waals surface area (Å²) in [5.74, 6) is 1.03. The maximum absolute atomic E-state index is 6.13. The van der Waals surface area contributed by atoms with Crippen molar-refractivity contribution in [2.24, 2.45) is 5.73 Å². The molecule has 1 atom stereocenters. The van der Waals surface area contributed by atoms with Crippen LogP contribution >= 0.6 is 11.3 Å². The van der Waals surface area contributed by atoms with Crippen molar-refractivity contribution in [1.82, 2.24) is 9.55 Å². The van der Waals surface area contributed by atoms with E-state index in [0.717, 1.165) is 18.7 Å². The fourth-order valence-electron chi connectivity index (χ4n) is 2.16. The van der Waals surface area contributed by atoms with Gasteiger partial charge in [0.2, 0.25) is 0 Å². The number of hydrogen-bond acceptors (Lipinski definition) is 3. The summed E-state index contributed by atoms with van der Waals surface area (Å²) in [5.41, 5.74) is 7.40. The molecule has 2 N–H and O–H groups in total. The van der Waals surface area contributed by atoms with Gasteiger partial charge in [-0.1, -0.05) is 6.07 Å². The van der Waals surface area contributed by atoms with Crippen LogP contribution in [-0.4, -0.2) is 9.55 Å². The van der Waals surface area contributed by atoms with E-state index < -0.39 is 0 Å². The van der Waals surface area contributed by atoms with Crippen molar-refractivity contribution < 1.29 is 0 Å². The van der Waals surface area contributed by atoms with Gasteiger partial charge in [0.05, 0.1) is 11.0 Å². The molecule has 0 aromatic carbocycles. The number of fused-ring (bicyclic) bond motifs is 1. The molecule has 0 aliphatic carbocycles. The van der Waals surface area contributed by atoms with Crippen LogP contribution in [-0.2, 0) is 6.42 Å². The molecule has 0 amide bonds. The third-order valence-corrected chi connectivity index (χ3v) is 3.75. The first-order valence-electron chi connectivity index (χ1n) is 5.22. The van der Waals surface area contributed by atoms with E-state index in [1.165, 1.54) is 17.0 Å². The predicted octanol–water partition coefficient (Wildman–Crippen LogP) is 2.41. The lowest BCUT2D eigenvalue weighted by Gasteiger charge is -2.23. The van der Waals surface area contributed by atoms with Crippen LogP contribution in [0.1, 0.15) is 24.7 Å². The van der Waals surface area contributed by atoms with Gasteiger partial charge in [-0.3, -0.25) is 0 Å². The van der Waals surface area contributed by atoms with Gasteiger partial charge < -0.3 is 10.3 Å². The van der Waals surface area contributed by atoms with Gasteiger partial charge in [0.25, 0.3) is 0 Å². The van der Waals surface area contributed by atoms with Crippen LogP contribution in [0, 0.1) is 0 Å². The van der Waals surface area contributed by atoms with Crippen molar-refractivity contribution in [2.45, 2.75) is 25.4 Å². The maximum atomic E-state index is 6.13. The zero-order valence-electron chi connectivity index (χ0n) is 8.39. The Morgan fingerprint density at radius 1 is 1.53 bits per heavy atom. The van der Waals surface area contributed by atoms with E-state index >= 15 is 0 Å². The normalized spacial score (nSPS) is 20.2. The van der Waals surface area contributed by atoms with Crippen LogP contribution in [0.15, 0.2) is 23.7 Å². The molecule has 0 saturated heterocycles. The summed E-state index contributed by atoms with van der Waals surface area (Å²) in [7, 11) is 0. The summed E-state index contributed by atoms with van der Waals surface area (Å²) in [4.78, 5) is 5.69. The van der Waals surface area contributed by atoms with Crippen molar-refractivity contribution in [1.29, 1.82) is 0 Å². The summed E-state index contributed by atoms with van der Waals surface area (Å²) in [6.45, 7) is 0. The number of nitrogens with zero attached hydrogens (tertiary/aromatic N) is 2. The molecule has 0 fully saturated rings. The molecule has 0 saturated carbocycles. The number of imidazole rings is 1. The van der Waals surface area contributed by atoms with Gasteiger partial charge in [0.15, 0.2) is 5.82 Å². The van der Waals surface area contributed by atoms with Crippen LogP contribution in [0.3, 0.4) is 0 Å². The van der Waals surface area contributed by atoms with Gasteiger partial charge in [-0.2, -0.15) is 0 Å². The predicted molar refractivity (Wildman–Crippen MR) is 61.7 cm³/mol. The summed E-state index contributed by atoms with van der Waals surface area (Å²) < 4.78 is 2.19. The Morgan fingerprint density at radius 2 is 2.47 bits per heavy atom. The molecule has 0 spiro atoms. The molecule has 2 aromatic heterocycles. The molecule has 3 heterocycles. The van der Waals surface area contributed by atoms with Crippen molar-refractivity contribution in [3.8, 4) is 10.7 Å². The summed E-state index contributed by atoms with van der Waals surface area (Å²) in [5, 5.41) is 2.07. The largest absolute Gasteiger partial charge is 0.312 e. The first kappa shape index (κ1) is 9.12. The third kappa shape index (κ3) is 1.41. The lowest BCUT2D eigenvalue weighted by Crippen LogP contribution is -2.25. The molecule has 78 valence electrons. The molecule has 3 rings (SSSR count). The SMILES string of the molecule is NC1CCCc2cnc(-c3cccs3)n21. The quantitative estimate of drug-likeness (QED) is 0.800. The van der Waals surface area contributed by atoms with Crippen LogP contribution in [0.5, 0.6) is 0 Å². The number of aromatic nitrogens is 2. The van der Waals surface area contributed by atoms with Crippen molar-refractivity contribution >= 4 is 11.3 Å². The number of aryl methyl sites for hydroxylation is 1. The van der Waals surface area contributed by atoms with Gasteiger partial charge in [-0.15, -0.1) is 11.3 Å². The molecule has 0 bridgehead atoms. The van der Waals surface area contributed by atoms with Crippen LogP contribution in [0.4, 0.5) is 0 Å².